The SMILES string of the molecule is CC(C)=C1C(C(C)C)=C(C(C)C)C(=S)N1C(C)C. The van der Waals surface area contributed by atoms with Gasteiger partial charge >= 0.3 is 0 Å². The molecule has 1 nitrogen and oxygen atoms in total. The van der Waals surface area contributed by atoms with Gasteiger partial charge in [0.05, 0.1) is 0 Å². The summed E-state index contributed by atoms with van der Waals surface area (Å²) in [5, 5.41) is 0. The van der Waals surface area contributed by atoms with Crippen LogP contribution in [0.1, 0.15) is 55.4 Å². The minimum absolute atomic E-state index is 0.424. The second kappa shape index (κ2) is 5.56. The molecule has 2 heteroatoms. The van der Waals surface area contributed by atoms with Crippen molar-refractivity contribution in [2.75, 3.05) is 0 Å². The molecule has 1 aliphatic heterocycles. The molecule has 1 aliphatic rings. The molecule has 0 N–H and O–H groups in total. The van der Waals surface area contributed by atoms with Crippen LogP contribution in [0.2, 0.25) is 0 Å². The zero-order valence-electron chi connectivity index (χ0n) is 13.1. The van der Waals surface area contributed by atoms with Crippen LogP contribution in [-0.2, 0) is 0 Å². The summed E-state index contributed by atoms with van der Waals surface area (Å²) in [4.78, 5) is 3.38. The fourth-order valence-corrected chi connectivity index (χ4v) is 3.40. The van der Waals surface area contributed by atoms with Crippen LogP contribution in [0, 0.1) is 11.8 Å². The monoisotopic (exact) mass is 265 g/mol. The van der Waals surface area contributed by atoms with E-state index in [0.29, 0.717) is 17.9 Å². The summed E-state index contributed by atoms with van der Waals surface area (Å²) in [6, 6.07) is 0.424. The van der Waals surface area contributed by atoms with Crippen molar-refractivity contribution in [3.05, 3.63) is 22.4 Å². The summed E-state index contributed by atoms with van der Waals surface area (Å²) in [5.74, 6) is 1.02. The highest BCUT2D eigenvalue weighted by atomic mass is 32.1. The molecule has 0 saturated heterocycles. The van der Waals surface area contributed by atoms with E-state index in [-0.39, 0.29) is 0 Å². The Balaban J connectivity index is 3.52. The molecule has 1 heterocycles. The molecule has 0 amide bonds. The number of hydrogen-bond donors (Lipinski definition) is 0. The molecular weight excluding hydrogens is 238 g/mol. The molecule has 0 aromatic heterocycles. The first-order valence-electron chi connectivity index (χ1n) is 6.95. The van der Waals surface area contributed by atoms with Gasteiger partial charge < -0.3 is 4.90 Å². The minimum atomic E-state index is 0.424. The predicted octanol–water partition coefficient (Wildman–Crippen LogP) is 4.94. The maximum absolute atomic E-state index is 5.74. The number of rotatable bonds is 3. The van der Waals surface area contributed by atoms with Crippen LogP contribution in [0.4, 0.5) is 0 Å². The van der Waals surface area contributed by atoms with Crippen LogP contribution in [0.5, 0.6) is 0 Å². The van der Waals surface area contributed by atoms with Gasteiger partial charge in [0, 0.05) is 11.7 Å². The molecule has 0 aromatic carbocycles. The van der Waals surface area contributed by atoms with Crippen molar-refractivity contribution < 1.29 is 0 Å². The molecule has 0 saturated carbocycles. The van der Waals surface area contributed by atoms with E-state index in [1.165, 1.54) is 22.4 Å². The summed E-state index contributed by atoms with van der Waals surface area (Å²) >= 11 is 5.74. The predicted molar refractivity (Wildman–Crippen MR) is 84.6 cm³/mol. The molecule has 0 fully saturated rings. The Morgan fingerprint density at radius 1 is 0.889 bits per heavy atom. The Morgan fingerprint density at radius 3 is 1.61 bits per heavy atom. The fraction of sp³-hybridized carbons (Fsp3) is 0.688. The number of thiocarbonyl (C=S) groups is 1. The van der Waals surface area contributed by atoms with Gasteiger partial charge in [-0.15, -0.1) is 0 Å². The summed E-state index contributed by atoms with van der Waals surface area (Å²) < 4.78 is 0. The first-order valence-corrected chi connectivity index (χ1v) is 7.36. The van der Waals surface area contributed by atoms with E-state index in [1.54, 1.807) is 0 Å². The van der Waals surface area contributed by atoms with E-state index >= 15 is 0 Å². The lowest BCUT2D eigenvalue weighted by Crippen LogP contribution is -2.32. The van der Waals surface area contributed by atoms with Gasteiger partial charge in [0.1, 0.15) is 4.99 Å². The van der Waals surface area contributed by atoms with Crippen LogP contribution < -0.4 is 0 Å². The molecule has 0 aromatic rings. The largest absolute Gasteiger partial charge is 0.330 e. The molecule has 0 unspecified atom stereocenters. The average molecular weight is 265 g/mol. The van der Waals surface area contributed by atoms with Crippen molar-refractivity contribution in [2.24, 2.45) is 11.8 Å². The number of nitrogens with zero attached hydrogens (tertiary/aromatic N) is 1. The highest BCUT2D eigenvalue weighted by molar-refractivity contribution is 7.80. The smallest absolute Gasteiger partial charge is 0.110 e. The van der Waals surface area contributed by atoms with Gasteiger partial charge in [-0.25, -0.2) is 0 Å². The quantitative estimate of drug-likeness (QED) is 0.665. The Morgan fingerprint density at radius 2 is 1.33 bits per heavy atom. The van der Waals surface area contributed by atoms with Crippen molar-refractivity contribution in [2.45, 2.75) is 61.4 Å². The van der Waals surface area contributed by atoms with E-state index in [4.69, 9.17) is 12.2 Å². The third-order valence-electron chi connectivity index (χ3n) is 3.38. The van der Waals surface area contributed by atoms with Crippen molar-refractivity contribution in [3.63, 3.8) is 0 Å². The van der Waals surface area contributed by atoms with E-state index < -0.39 is 0 Å². The Labute approximate surface area is 118 Å². The van der Waals surface area contributed by atoms with Crippen LogP contribution >= 0.6 is 12.2 Å². The Bertz CT molecular complexity index is 407. The van der Waals surface area contributed by atoms with Gasteiger partial charge in [0.15, 0.2) is 0 Å². The van der Waals surface area contributed by atoms with Gasteiger partial charge in [0.25, 0.3) is 0 Å². The number of hydrogen-bond acceptors (Lipinski definition) is 1. The molecule has 18 heavy (non-hydrogen) atoms. The molecule has 0 atom stereocenters. The third kappa shape index (κ3) is 2.54. The molecule has 0 radical (unpaired) electrons. The van der Waals surface area contributed by atoms with Crippen LogP contribution in [0.3, 0.4) is 0 Å². The lowest BCUT2D eigenvalue weighted by molar-refractivity contribution is 0.437. The van der Waals surface area contributed by atoms with Crippen LogP contribution in [0.15, 0.2) is 22.4 Å². The van der Waals surface area contributed by atoms with Gasteiger partial charge in [-0.05, 0) is 50.7 Å². The molecule has 0 bridgehead atoms. The average Bonchev–Trinajstić information content (AvgIpc) is 2.51. The summed E-state index contributed by atoms with van der Waals surface area (Å²) in [6.45, 7) is 17.9. The van der Waals surface area contributed by atoms with Crippen molar-refractivity contribution in [3.8, 4) is 0 Å². The topological polar surface area (TPSA) is 3.24 Å². The second-order valence-electron chi connectivity index (χ2n) is 6.25. The van der Waals surface area contributed by atoms with Crippen molar-refractivity contribution in [1.29, 1.82) is 0 Å². The summed E-state index contributed by atoms with van der Waals surface area (Å²) in [5.41, 5.74) is 5.58. The van der Waals surface area contributed by atoms with Gasteiger partial charge in [-0.1, -0.05) is 45.5 Å². The maximum atomic E-state index is 5.74. The van der Waals surface area contributed by atoms with Gasteiger partial charge in [0.2, 0.25) is 0 Å². The van der Waals surface area contributed by atoms with Gasteiger partial charge in [-0.3, -0.25) is 0 Å². The second-order valence-corrected chi connectivity index (χ2v) is 6.64. The molecule has 0 aliphatic carbocycles. The Hall–Kier alpha value is -0.630. The first kappa shape index (κ1) is 15.4. The molecule has 102 valence electrons. The third-order valence-corrected chi connectivity index (χ3v) is 3.80. The lowest BCUT2D eigenvalue weighted by Gasteiger charge is -2.28. The normalized spacial score (nSPS) is 16.9. The van der Waals surface area contributed by atoms with E-state index in [0.717, 1.165) is 4.99 Å². The summed E-state index contributed by atoms with van der Waals surface area (Å²) in [6.07, 6.45) is 0. The molecule has 0 spiro atoms. The Kier molecular flexibility index (Phi) is 4.77. The zero-order valence-corrected chi connectivity index (χ0v) is 13.9. The van der Waals surface area contributed by atoms with Crippen LogP contribution in [-0.4, -0.2) is 15.9 Å². The molecule has 1 rings (SSSR count). The standard InChI is InChI=1S/C16H27NS/c1-9(2)13-14(10(3)4)16(18)17(12(7)8)15(13)11(5)6/h9-10,12H,1-8H3. The van der Waals surface area contributed by atoms with E-state index in [1.807, 2.05) is 0 Å². The van der Waals surface area contributed by atoms with E-state index in [2.05, 4.69) is 60.3 Å². The summed E-state index contributed by atoms with van der Waals surface area (Å²) in [7, 11) is 0. The highest BCUT2D eigenvalue weighted by Crippen LogP contribution is 2.41. The van der Waals surface area contributed by atoms with Crippen LogP contribution in [0.25, 0.3) is 0 Å². The van der Waals surface area contributed by atoms with Crippen molar-refractivity contribution in [1.82, 2.24) is 4.90 Å². The first-order chi connectivity index (χ1) is 8.20. The number of allylic oxidation sites excluding steroid dienone is 2. The van der Waals surface area contributed by atoms with E-state index in [9.17, 15) is 0 Å². The van der Waals surface area contributed by atoms with Crippen molar-refractivity contribution >= 4 is 17.2 Å². The lowest BCUT2D eigenvalue weighted by atomic mass is 9.90. The fourth-order valence-electron chi connectivity index (χ4n) is 2.75. The van der Waals surface area contributed by atoms with Gasteiger partial charge in [-0.2, -0.15) is 0 Å². The maximum Gasteiger partial charge on any atom is 0.110 e. The molecular formula is C16H27NS. The zero-order chi connectivity index (χ0) is 14.2. The highest BCUT2D eigenvalue weighted by Gasteiger charge is 2.36. The minimum Gasteiger partial charge on any atom is -0.330 e.